The number of allylic oxidation sites excluding steroid dienone is 4. The molecule has 0 radical (unpaired) electrons. The third-order valence-electron chi connectivity index (χ3n) is 1.39. The van der Waals surface area contributed by atoms with Gasteiger partial charge in [-0.2, -0.15) is 0 Å². The summed E-state index contributed by atoms with van der Waals surface area (Å²) in [6.45, 7) is 9.94. The highest BCUT2D eigenvalue weighted by Gasteiger charge is 1.92. The molecule has 0 atom stereocenters. The molecular formula is C11H18N2. The van der Waals surface area contributed by atoms with Gasteiger partial charge in [0.05, 0.1) is 6.34 Å². The average Bonchev–Trinajstić information content (AvgIpc) is 2.03. The summed E-state index contributed by atoms with van der Waals surface area (Å²) in [5.41, 5.74) is 3.25. The molecule has 0 spiro atoms. The van der Waals surface area contributed by atoms with E-state index in [1.54, 1.807) is 13.4 Å². The Morgan fingerprint density at radius 2 is 1.85 bits per heavy atom. The van der Waals surface area contributed by atoms with Crippen molar-refractivity contribution in [2.45, 2.75) is 20.8 Å². The first-order valence-corrected chi connectivity index (χ1v) is 4.26. The second kappa shape index (κ2) is 6.23. The second-order valence-electron chi connectivity index (χ2n) is 3.14. The van der Waals surface area contributed by atoms with Crippen molar-refractivity contribution in [1.29, 1.82) is 0 Å². The van der Waals surface area contributed by atoms with Gasteiger partial charge in [-0.3, -0.25) is 4.99 Å². The maximum absolute atomic E-state index is 3.86. The molecule has 0 aliphatic heterocycles. The zero-order valence-electron chi connectivity index (χ0n) is 8.89. The van der Waals surface area contributed by atoms with Crippen LogP contribution in [0.25, 0.3) is 0 Å². The topological polar surface area (TPSA) is 24.4 Å². The van der Waals surface area contributed by atoms with Gasteiger partial charge in [0, 0.05) is 12.7 Å². The monoisotopic (exact) mass is 178 g/mol. The summed E-state index contributed by atoms with van der Waals surface area (Å²) in [7, 11) is 1.73. The van der Waals surface area contributed by atoms with Crippen LogP contribution in [-0.4, -0.2) is 13.4 Å². The highest BCUT2D eigenvalue weighted by Crippen LogP contribution is 2.03. The van der Waals surface area contributed by atoms with E-state index in [-0.39, 0.29) is 0 Å². The Hall–Kier alpha value is -1.31. The predicted octanol–water partition coefficient (Wildman–Crippen LogP) is 2.66. The van der Waals surface area contributed by atoms with Crippen molar-refractivity contribution in [3.05, 3.63) is 35.6 Å². The van der Waals surface area contributed by atoms with Crippen LogP contribution in [0, 0.1) is 0 Å². The normalized spacial score (nSPS) is 11.5. The first-order chi connectivity index (χ1) is 6.07. The SMILES string of the molecule is C=C(C)/C(=C\C=C(C)C)NC=NC. The lowest BCUT2D eigenvalue weighted by molar-refractivity contribution is 1.14. The number of nitrogens with one attached hydrogen (secondary N) is 1. The Kier molecular flexibility index (Phi) is 5.60. The fraction of sp³-hybridized carbons (Fsp3) is 0.364. The van der Waals surface area contributed by atoms with E-state index in [0.29, 0.717) is 0 Å². The fourth-order valence-electron chi connectivity index (χ4n) is 0.698. The summed E-state index contributed by atoms with van der Waals surface area (Å²) in [5.74, 6) is 0. The Morgan fingerprint density at radius 3 is 2.23 bits per heavy atom. The quantitative estimate of drug-likeness (QED) is 0.399. The summed E-state index contributed by atoms with van der Waals surface area (Å²) in [5, 5.41) is 3.05. The summed E-state index contributed by atoms with van der Waals surface area (Å²) >= 11 is 0. The molecule has 0 heterocycles. The zero-order valence-corrected chi connectivity index (χ0v) is 8.89. The van der Waals surface area contributed by atoms with Gasteiger partial charge in [0.25, 0.3) is 0 Å². The van der Waals surface area contributed by atoms with Gasteiger partial charge in [0.2, 0.25) is 0 Å². The van der Waals surface area contributed by atoms with Crippen LogP contribution in [0.15, 0.2) is 40.6 Å². The van der Waals surface area contributed by atoms with E-state index in [2.05, 4.69) is 30.7 Å². The number of aliphatic imine (C=N–C) groups is 1. The molecule has 72 valence electrons. The number of rotatable bonds is 4. The van der Waals surface area contributed by atoms with Gasteiger partial charge >= 0.3 is 0 Å². The second-order valence-corrected chi connectivity index (χ2v) is 3.14. The Bertz CT molecular complexity index is 253. The van der Waals surface area contributed by atoms with E-state index in [9.17, 15) is 0 Å². The van der Waals surface area contributed by atoms with E-state index < -0.39 is 0 Å². The van der Waals surface area contributed by atoms with Crippen molar-refractivity contribution in [2.75, 3.05) is 7.05 Å². The Balaban J connectivity index is 4.51. The van der Waals surface area contributed by atoms with Crippen molar-refractivity contribution in [2.24, 2.45) is 4.99 Å². The molecular weight excluding hydrogens is 160 g/mol. The molecule has 0 rings (SSSR count). The van der Waals surface area contributed by atoms with Crippen LogP contribution < -0.4 is 5.32 Å². The van der Waals surface area contributed by atoms with Crippen LogP contribution in [0.4, 0.5) is 0 Å². The van der Waals surface area contributed by atoms with Gasteiger partial charge in [0.15, 0.2) is 0 Å². The standard InChI is InChI=1S/C11H18N2/c1-9(2)6-7-11(10(3)4)13-8-12-5/h6-8H,3H2,1-2,4-5H3,(H,12,13)/b11-7+. The van der Waals surface area contributed by atoms with Gasteiger partial charge in [0.1, 0.15) is 0 Å². The fourth-order valence-corrected chi connectivity index (χ4v) is 0.698. The lowest BCUT2D eigenvalue weighted by Gasteiger charge is -2.04. The third kappa shape index (κ3) is 5.91. The summed E-state index contributed by atoms with van der Waals surface area (Å²) in [6.07, 6.45) is 5.69. The Labute approximate surface area is 80.8 Å². The minimum atomic E-state index is 0.992. The minimum Gasteiger partial charge on any atom is -0.347 e. The van der Waals surface area contributed by atoms with E-state index >= 15 is 0 Å². The van der Waals surface area contributed by atoms with E-state index in [1.807, 2.05) is 19.1 Å². The molecule has 0 saturated heterocycles. The molecule has 2 nitrogen and oxygen atoms in total. The molecule has 0 unspecified atom stereocenters. The zero-order chi connectivity index (χ0) is 10.3. The molecule has 0 saturated carbocycles. The molecule has 0 aromatic carbocycles. The molecule has 0 fully saturated rings. The Morgan fingerprint density at radius 1 is 1.23 bits per heavy atom. The summed E-state index contributed by atoms with van der Waals surface area (Å²) in [6, 6.07) is 0. The largest absolute Gasteiger partial charge is 0.347 e. The van der Waals surface area contributed by atoms with Crippen LogP contribution in [0.2, 0.25) is 0 Å². The van der Waals surface area contributed by atoms with E-state index in [0.717, 1.165) is 11.3 Å². The van der Waals surface area contributed by atoms with Gasteiger partial charge < -0.3 is 5.32 Å². The average molecular weight is 178 g/mol. The van der Waals surface area contributed by atoms with Gasteiger partial charge in [-0.1, -0.05) is 18.2 Å². The van der Waals surface area contributed by atoms with Crippen LogP contribution in [0.3, 0.4) is 0 Å². The third-order valence-corrected chi connectivity index (χ3v) is 1.39. The number of hydrogen-bond acceptors (Lipinski definition) is 1. The maximum atomic E-state index is 3.86. The van der Waals surface area contributed by atoms with Crippen molar-refractivity contribution >= 4 is 6.34 Å². The van der Waals surface area contributed by atoms with E-state index in [1.165, 1.54) is 5.57 Å². The van der Waals surface area contributed by atoms with E-state index in [4.69, 9.17) is 0 Å². The highest BCUT2D eigenvalue weighted by molar-refractivity contribution is 5.59. The van der Waals surface area contributed by atoms with Crippen LogP contribution in [0.5, 0.6) is 0 Å². The van der Waals surface area contributed by atoms with Crippen molar-refractivity contribution in [1.82, 2.24) is 5.32 Å². The molecule has 0 amide bonds. The van der Waals surface area contributed by atoms with Gasteiger partial charge in [-0.15, -0.1) is 0 Å². The maximum Gasteiger partial charge on any atom is 0.0864 e. The molecule has 1 N–H and O–H groups in total. The summed E-state index contributed by atoms with van der Waals surface area (Å²) < 4.78 is 0. The first-order valence-electron chi connectivity index (χ1n) is 4.26. The number of nitrogens with zero attached hydrogens (tertiary/aromatic N) is 1. The lowest BCUT2D eigenvalue weighted by atomic mass is 10.2. The molecule has 2 heteroatoms. The van der Waals surface area contributed by atoms with Crippen LogP contribution >= 0.6 is 0 Å². The van der Waals surface area contributed by atoms with Crippen molar-refractivity contribution < 1.29 is 0 Å². The highest BCUT2D eigenvalue weighted by atomic mass is 14.9. The minimum absolute atomic E-state index is 0.992. The van der Waals surface area contributed by atoms with Crippen molar-refractivity contribution in [3.8, 4) is 0 Å². The summed E-state index contributed by atoms with van der Waals surface area (Å²) in [4.78, 5) is 3.85. The van der Waals surface area contributed by atoms with Crippen molar-refractivity contribution in [3.63, 3.8) is 0 Å². The molecule has 0 aromatic heterocycles. The van der Waals surface area contributed by atoms with Crippen LogP contribution in [0.1, 0.15) is 20.8 Å². The number of hydrogen-bond donors (Lipinski definition) is 1. The molecule has 0 aromatic rings. The predicted molar refractivity (Wildman–Crippen MR) is 59.9 cm³/mol. The van der Waals surface area contributed by atoms with Gasteiger partial charge in [-0.05, 0) is 32.4 Å². The molecule has 0 aliphatic rings. The molecule has 13 heavy (non-hydrogen) atoms. The molecule has 0 bridgehead atoms. The lowest BCUT2D eigenvalue weighted by Crippen LogP contribution is -2.10. The smallest absolute Gasteiger partial charge is 0.0864 e. The van der Waals surface area contributed by atoms with Crippen LogP contribution in [-0.2, 0) is 0 Å². The first kappa shape index (κ1) is 11.7. The molecule has 0 aliphatic carbocycles. The van der Waals surface area contributed by atoms with Gasteiger partial charge in [-0.25, -0.2) is 0 Å².